The summed E-state index contributed by atoms with van der Waals surface area (Å²) in [5.41, 5.74) is 0.889. The number of hydrogen-bond donors (Lipinski definition) is 1. The molecule has 1 aromatic carbocycles. The average Bonchev–Trinajstić information content (AvgIpc) is 2.44. The molecule has 100 valence electrons. The molecule has 0 aliphatic rings. The molecule has 0 bridgehead atoms. The van der Waals surface area contributed by atoms with Gasteiger partial charge in [-0.05, 0) is 25.1 Å². The van der Waals surface area contributed by atoms with Gasteiger partial charge >= 0.3 is 0 Å². The van der Waals surface area contributed by atoms with Crippen LogP contribution in [0.2, 0.25) is 5.02 Å². The number of aromatic nitrogens is 2. The quantitative estimate of drug-likeness (QED) is 0.822. The highest BCUT2D eigenvalue weighted by atomic mass is 35.5. The third-order valence-corrected chi connectivity index (χ3v) is 2.78. The van der Waals surface area contributed by atoms with E-state index < -0.39 is 0 Å². The lowest BCUT2D eigenvalue weighted by molar-refractivity contribution is 0.459. The molecule has 0 aliphatic carbocycles. The summed E-state index contributed by atoms with van der Waals surface area (Å²) in [7, 11) is 0. The van der Waals surface area contributed by atoms with Crippen LogP contribution in [-0.2, 0) is 6.54 Å². The summed E-state index contributed by atoms with van der Waals surface area (Å²) in [6, 6.07) is 7.27. The van der Waals surface area contributed by atoms with Gasteiger partial charge in [-0.3, -0.25) is 4.98 Å². The molecule has 1 N–H and O–H groups in total. The fourth-order valence-electron chi connectivity index (χ4n) is 1.52. The summed E-state index contributed by atoms with van der Waals surface area (Å²) in [5, 5.41) is 3.82. The van der Waals surface area contributed by atoms with E-state index in [-0.39, 0.29) is 0 Å². The van der Waals surface area contributed by atoms with Crippen LogP contribution in [0.4, 0.5) is 0 Å². The van der Waals surface area contributed by atoms with E-state index in [1.54, 1.807) is 24.5 Å². The number of benzene rings is 1. The second-order valence-corrected chi connectivity index (χ2v) is 4.46. The number of nitrogens with zero attached hydrogens (tertiary/aromatic N) is 2. The fourth-order valence-corrected chi connectivity index (χ4v) is 1.69. The second kappa shape index (κ2) is 7.07. The Kier molecular flexibility index (Phi) is 5.12. The molecule has 0 radical (unpaired) electrons. The molecule has 0 saturated carbocycles. The number of ether oxygens (including phenoxy) is 1. The lowest BCUT2D eigenvalue weighted by atomic mass is 10.3. The van der Waals surface area contributed by atoms with Crippen molar-refractivity contribution in [2.75, 3.05) is 6.54 Å². The molecule has 0 amide bonds. The Bertz CT molecular complexity index is 516. The number of nitrogens with one attached hydrogen (secondary N) is 1. The van der Waals surface area contributed by atoms with Crippen molar-refractivity contribution in [2.45, 2.75) is 19.9 Å². The Morgan fingerprint density at radius 2 is 2.05 bits per heavy atom. The predicted octanol–water partition coefficient (Wildman–Crippen LogP) is 3.42. The van der Waals surface area contributed by atoms with Crippen LogP contribution in [0.15, 0.2) is 36.7 Å². The topological polar surface area (TPSA) is 47.0 Å². The lowest BCUT2D eigenvalue weighted by Crippen LogP contribution is -2.14. The van der Waals surface area contributed by atoms with Gasteiger partial charge in [-0.2, -0.15) is 0 Å². The smallest absolute Gasteiger partial charge is 0.237 e. The van der Waals surface area contributed by atoms with Crippen LogP contribution >= 0.6 is 11.6 Å². The molecule has 0 unspecified atom stereocenters. The normalized spacial score (nSPS) is 10.4. The zero-order chi connectivity index (χ0) is 13.5. The van der Waals surface area contributed by atoms with Crippen LogP contribution in [0.3, 0.4) is 0 Å². The van der Waals surface area contributed by atoms with Gasteiger partial charge in [-0.1, -0.05) is 30.7 Å². The van der Waals surface area contributed by atoms with E-state index in [4.69, 9.17) is 16.3 Å². The minimum atomic E-state index is 0.437. The van der Waals surface area contributed by atoms with Gasteiger partial charge in [0, 0.05) is 6.54 Å². The van der Waals surface area contributed by atoms with Gasteiger partial charge in [0.15, 0.2) is 0 Å². The maximum Gasteiger partial charge on any atom is 0.237 e. The second-order valence-electron chi connectivity index (χ2n) is 4.06. The minimum absolute atomic E-state index is 0.437. The van der Waals surface area contributed by atoms with Crippen molar-refractivity contribution in [3.63, 3.8) is 0 Å². The van der Waals surface area contributed by atoms with E-state index in [2.05, 4.69) is 22.2 Å². The SMILES string of the molecule is CCCNCc1cnc(Oc2ccccc2Cl)cn1. The summed E-state index contributed by atoms with van der Waals surface area (Å²) in [6.45, 7) is 3.81. The van der Waals surface area contributed by atoms with Crippen LogP contribution < -0.4 is 10.1 Å². The predicted molar refractivity (Wildman–Crippen MR) is 75.6 cm³/mol. The largest absolute Gasteiger partial charge is 0.436 e. The molecule has 0 atom stereocenters. The van der Waals surface area contributed by atoms with Gasteiger partial charge in [0.1, 0.15) is 5.75 Å². The van der Waals surface area contributed by atoms with E-state index in [1.165, 1.54) is 0 Å². The van der Waals surface area contributed by atoms with Gasteiger partial charge in [0.2, 0.25) is 5.88 Å². The minimum Gasteiger partial charge on any atom is -0.436 e. The Labute approximate surface area is 117 Å². The summed E-state index contributed by atoms with van der Waals surface area (Å²) >= 11 is 6.01. The molecular formula is C14H16ClN3O. The zero-order valence-electron chi connectivity index (χ0n) is 10.8. The molecule has 0 aliphatic heterocycles. The number of halogens is 1. The van der Waals surface area contributed by atoms with Crippen LogP contribution in [0, 0.1) is 0 Å². The van der Waals surface area contributed by atoms with Crippen LogP contribution in [0.25, 0.3) is 0 Å². The van der Waals surface area contributed by atoms with Crippen LogP contribution in [-0.4, -0.2) is 16.5 Å². The van der Waals surface area contributed by atoms with Crippen molar-refractivity contribution in [3.8, 4) is 11.6 Å². The first-order valence-electron chi connectivity index (χ1n) is 6.23. The first-order valence-corrected chi connectivity index (χ1v) is 6.61. The Balaban J connectivity index is 1.97. The van der Waals surface area contributed by atoms with E-state index in [0.29, 0.717) is 23.2 Å². The summed E-state index contributed by atoms with van der Waals surface area (Å²) in [6.07, 6.45) is 4.41. The molecule has 2 rings (SSSR count). The monoisotopic (exact) mass is 277 g/mol. The first kappa shape index (κ1) is 13.8. The molecule has 0 spiro atoms. The maximum absolute atomic E-state index is 6.01. The third kappa shape index (κ3) is 4.19. The molecule has 1 aromatic heterocycles. The Morgan fingerprint density at radius 1 is 1.21 bits per heavy atom. The molecule has 2 aromatic rings. The molecular weight excluding hydrogens is 262 g/mol. The van der Waals surface area contributed by atoms with Crippen LogP contribution in [0.1, 0.15) is 19.0 Å². The van der Waals surface area contributed by atoms with Crippen molar-refractivity contribution in [1.82, 2.24) is 15.3 Å². The van der Waals surface area contributed by atoms with Gasteiger partial charge < -0.3 is 10.1 Å². The average molecular weight is 278 g/mol. The maximum atomic E-state index is 6.01. The summed E-state index contributed by atoms with van der Waals surface area (Å²) in [4.78, 5) is 8.49. The van der Waals surface area contributed by atoms with Gasteiger partial charge in [-0.25, -0.2) is 4.98 Å². The summed E-state index contributed by atoms with van der Waals surface area (Å²) < 4.78 is 5.56. The van der Waals surface area contributed by atoms with E-state index >= 15 is 0 Å². The van der Waals surface area contributed by atoms with E-state index in [0.717, 1.165) is 18.7 Å². The standard InChI is InChI=1S/C14H16ClN3O/c1-2-7-16-8-11-9-18-14(10-17-11)19-13-6-4-3-5-12(13)15/h3-6,9-10,16H,2,7-8H2,1H3. The van der Waals surface area contributed by atoms with Crippen LogP contribution in [0.5, 0.6) is 11.6 Å². The summed E-state index contributed by atoms with van der Waals surface area (Å²) in [5.74, 6) is 1.02. The molecule has 19 heavy (non-hydrogen) atoms. The number of rotatable bonds is 6. The van der Waals surface area contributed by atoms with Crippen molar-refractivity contribution >= 4 is 11.6 Å². The fraction of sp³-hybridized carbons (Fsp3) is 0.286. The molecule has 5 heteroatoms. The third-order valence-electron chi connectivity index (χ3n) is 2.47. The van der Waals surface area contributed by atoms with Crippen molar-refractivity contribution in [2.24, 2.45) is 0 Å². The first-order chi connectivity index (χ1) is 9.29. The van der Waals surface area contributed by atoms with E-state index in [9.17, 15) is 0 Å². The Hall–Kier alpha value is -1.65. The van der Waals surface area contributed by atoms with Gasteiger partial charge in [0.05, 0.1) is 23.1 Å². The van der Waals surface area contributed by atoms with Crippen molar-refractivity contribution in [1.29, 1.82) is 0 Å². The lowest BCUT2D eigenvalue weighted by Gasteiger charge is -2.07. The highest BCUT2D eigenvalue weighted by Gasteiger charge is 2.03. The van der Waals surface area contributed by atoms with Crippen molar-refractivity contribution in [3.05, 3.63) is 47.4 Å². The van der Waals surface area contributed by atoms with Gasteiger partial charge in [0.25, 0.3) is 0 Å². The van der Waals surface area contributed by atoms with E-state index in [1.807, 2.05) is 12.1 Å². The Morgan fingerprint density at radius 3 is 2.74 bits per heavy atom. The number of para-hydroxylation sites is 1. The van der Waals surface area contributed by atoms with Gasteiger partial charge in [-0.15, -0.1) is 0 Å². The highest BCUT2D eigenvalue weighted by Crippen LogP contribution is 2.27. The number of hydrogen-bond acceptors (Lipinski definition) is 4. The molecule has 0 fully saturated rings. The highest BCUT2D eigenvalue weighted by molar-refractivity contribution is 6.32. The van der Waals surface area contributed by atoms with Crippen molar-refractivity contribution < 1.29 is 4.74 Å². The molecule has 0 saturated heterocycles. The molecule has 1 heterocycles. The zero-order valence-corrected chi connectivity index (χ0v) is 11.5. The molecule has 4 nitrogen and oxygen atoms in total.